The molecule has 0 bridgehead atoms. The molecule has 2 atom stereocenters. The number of aryl methyl sites for hydroxylation is 1. The number of fused-ring (bicyclic) bond motifs is 1. The lowest BCUT2D eigenvalue weighted by Crippen LogP contribution is -2.07. The Morgan fingerprint density at radius 3 is 2.71 bits per heavy atom. The molecule has 0 saturated carbocycles. The molecule has 24 heavy (non-hydrogen) atoms. The van der Waals surface area contributed by atoms with Crippen molar-refractivity contribution in [1.82, 2.24) is 14.6 Å². The molecular formula is C19H21N3O2. The summed E-state index contributed by atoms with van der Waals surface area (Å²) in [7, 11) is 0. The average molecular weight is 323 g/mol. The lowest BCUT2D eigenvalue weighted by Gasteiger charge is -2.14. The molecule has 124 valence electrons. The maximum atomic E-state index is 10.9. The highest BCUT2D eigenvalue weighted by molar-refractivity contribution is 5.60. The van der Waals surface area contributed by atoms with E-state index in [0.29, 0.717) is 18.3 Å². The first-order valence-electron chi connectivity index (χ1n) is 8.08. The van der Waals surface area contributed by atoms with Crippen LogP contribution in [0.3, 0.4) is 0 Å². The minimum atomic E-state index is -0.313. The van der Waals surface area contributed by atoms with Crippen LogP contribution in [-0.2, 0) is 4.79 Å². The van der Waals surface area contributed by atoms with Gasteiger partial charge in [0.15, 0.2) is 11.5 Å². The molecule has 5 nitrogen and oxygen atoms in total. The van der Waals surface area contributed by atoms with Crippen LogP contribution in [0.1, 0.15) is 42.6 Å². The highest BCUT2D eigenvalue weighted by Gasteiger charge is 2.14. The van der Waals surface area contributed by atoms with E-state index >= 15 is 0 Å². The minimum Gasteiger partial charge on any atom is -0.491 e. The number of nitrogens with zero attached hydrogens (tertiary/aromatic N) is 3. The summed E-state index contributed by atoms with van der Waals surface area (Å²) in [5, 5.41) is 4.38. The zero-order valence-electron chi connectivity index (χ0n) is 14.1. The first kappa shape index (κ1) is 16.2. The number of rotatable bonds is 6. The van der Waals surface area contributed by atoms with Gasteiger partial charge >= 0.3 is 0 Å². The average Bonchev–Trinajstić information content (AvgIpc) is 3.04. The molecule has 0 fully saturated rings. The van der Waals surface area contributed by atoms with Gasteiger partial charge in [0.25, 0.3) is 0 Å². The highest BCUT2D eigenvalue weighted by atomic mass is 16.5. The fraction of sp³-hybridized carbons (Fsp3) is 0.316. The van der Waals surface area contributed by atoms with Crippen molar-refractivity contribution in [2.45, 2.75) is 32.6 Å². The Morgan fingerprint density at radius 2 is 2.00 bits per heavy atom. The third kappa shape index (κ3) is 3.30. The van der Waals surface area contributed by atoms with Crippen LogP contribution in [0.5, 0.6) is 5.75 Å². The van der Waals surface area contributed by atoms with E-state index in [0.717, 1.165) is 23.2 Å². The largest absolute Gasteiger partial charge is 0.491 e. The summed E-state index contributed by atoms with van der Waals surface area (Å²) < 4.78 is 7.64. The van der Waals surface area contributed by atoms with Crippen LogP contribution < -0.4 is 4.74 Å². The number of aromatic nitrogens is 3. The van der Waals surface area contributed by atoms with Crippen LogP contribution in [0.4, 0.5) is 0 Å². The molecule has 5 heteroatoms. The second kappa shape index (κ2) is 6.83. The molecule has 1 unspecified atom stereocenters. The Labute approximate surface area is 141 Å². The molecule has 0 aliphatic rings. The number of pyridine rings is 1. The Morgan fingerprint density at radius 1 is 1.25 bits per heavy atom. The van der Waals surface area contributed by atoms with E-state index in [-0.39, 0.29) is 5.92 Å². The molecule has 3 aromatic rings. The van der Waals surface area contributed by atoms with E-state index in [2.05, 4.69) is 29.1 Å². The van der Waals surface area contributed by atoms with Gasteiger partial charge in [0.2, 0.25) is 0 Å². The molecule has 0 radical (unpaired) electrons. The van der Waals surface area contributed by atoms with Crippen molar-refractivity contribution in [1.29, 1.82) is 0 Å². The Balaban J connectivity index is 1.79. The number of aldehydes is 1. The molecule has 0 N–H and O–H groups in total. The predicted molar refractivity (Wildman–Crippen MR) is 92.6 cm³/mol. The molecule has 2 heterocycles. The van der Waals surface area contributed by atoms with E-state index in [1.165, 1.54) is 5.56 Å². The SMILES string of the molecule is Cc1cc(OC[C@H](C)c2ccccc2)cn2nc(C(C)C=O)nc12. The molecule has 1 aromatic carbocycles. The Kier molecular flexibility index (Phi) is 4.60. The normalized spacial score (nSPS) is 13.6. The van der Waals surface area contributed by atoms with Crippen LogP contribution in [0.15, 0.2) is 42.6 Å². The minimum absolute atomic E-state index is 0.295. The summed E-state index contributed by atoms with van der Waals surface area (Å²) in [5.41, 5.74) is 2.97. The van der Waals surface area contributed by atoms with Crippen LogP contribution >= 0.6 is 0 Å². The smallest absolute Gasteiger partial charge is 0.161 e. The van der Waals surface area contributed by atoms with E-state index in [4.69, 9.17) is 4.74 Å². The number of hydrogen-bond donors (Lipinski definition) is 0. The maximum Gasteiger partial charge on any atom is 0.161 e. The topological polar surface area (TPSA) is 56.5 Å². The van der Waals surface area contributed by atoms with E-state index in [9.17, 15) is 4.79 Å². The first-order chi connectivity index (χ1) is 11.6. The van der Waals surface area contributed by atoms with Crippen LogP contribution in [0.25, 0.3) is 5.65 Å². The van der Waals surface area contributed by atoms with Gasteiger partial charge in [-0.15, -0.1) is 0 Å². The van der Waals surface area contributed by atoms with Gasteiger partial charge in [-0.3, -0.25) is 0 Å². The number of carbonyl (C=O) groups excluding carboxylic acids is 1. The molecule has 0 aliphatic carbocycles. The number of carbonyl (C=O) groups is 1. The fourth-order valence-electron chi connectivity index (χ4n) is 2.57. The fourth-order valence-corrected chi connectivity index (χ4v) is 2.57. The van der Waals surface area contributed by atoms with Gasteiger partial charge in [0, 0.05) is 5.92 Å². The van der Waals surface area contributed by atoms with Crippen molar-refractivity contribution in [3.8, 4) is 5.75 Å². The molecule has 3 rings (SSSR count). The number of ether oxygens (including phenoxy) is 1. The maximum absolute atomic E-state index is 10.9. The molecule has 0 saturated heterocycles. The first-order valence-corrected chi connectivity index (χ1v) is 8.08. The number of benzene rings is 1. The van der Waals surface area contributed by atoms with Crippen molar-refractivity contribution >= 4 is 11.9 Å². The van der Waals surface area contributed by atoms with Crippen molar-refractivity contribution in [3.05, 3.63) is 59.5 Å². The lowest BCUT2D eigenvalue weighted by molar-refractivity contribution is -0.108. The zero-order valence-corrected chi connectivity index (χ0v) is 14.1. The summed E-state index contributed by atoms with van der Waals surface area (Å²) in [6.45, 7) is 6.48. The highest BCUT2D eigenvalue weighted by Crippen LogP contribution is 2.21. The van der Waals surface area contributed by atoms with Crippen molar-refractivity contribution in [2.24, 2.45) is 0 Å². The molecule has 0 spiro atoms. The van der Waals surface area contributed by atoms with Gasteiger partial charge in [-0.2, -0.15) is 5.10 Å². The van der Waals surface area contributed by atoms with Gasteiger partial charge in [-0.05, 0) is 31.0 Å². The number of hydrogen-bond acceptors (Lipinski definition) is 4. The summed E-state index contributed by atoms with van der Waals surface area (Å²) in [6, 6.07) is 12.2. The summed E-state index contributed by atoms with van der Waals surface area (Å²) in [6.07, 6.45) is 2.66. The van der Waals surface area contributed by atoms with Gasteiger partial charge in [-0.25, -0.2) is 9.50 Å². The Bertz CT molecular complexity index is 842. The van der Waals surface area contributed by atoms with Gasteiger partial charge in [0.05, 0.1) is 18.7 Å². The quantitative estimate of drug-likeness (QED) is 0.651. The molecular weight excluding hydrogens is 302 g/mol. The summed E-state index contributed by atoms with van der Waals surface area (Å²) in [5.74, 6) is 1.26. The van der Waals surface area contributed by atoms with Crippen LogP contribution in [0.2, 0.25) is 0 Å². The summed E-state index contributed by atoms with van der Waals surface area (Å²) in [4.78, 5) is 15.4. The van der Waals surface area contributed by atoms with Crippen molar-refractivity contribution in [3.63, 3.8) is 0 Å². The predicted octanol–water partition coefficient (Wildman–Crippen LogP) is 3.52. The second-order valence-corrected chi connectivity index (χ2v) is 6.14. The third-order valence-corrected chi connectivity index (χ3v) is 4.09. The van der Waals surface area contributed by atoms with E-state index in [1.807, 2.05) is 37.4 Å². The van der Waals surface area contributed by atoms with Crippen LogP contribution in [-0.4, -0.2) is 27.5 Å². The molecule has 0 aliphatic heterocycles. The lowest BCUT2D eigenvalue weighted by atomic mass is 10.0. The van der Waals surface area contributed by atoms with E-state index < -0.39 is 0 Å². The summed E-state index contributed by atoms with van der Waals surface area (Å²) >= 11 is 0. The van der Waals surface area contributed by atoms with Gasteiger partial charge in [-0.1, -0.05) is 37.3 Å². The monoisotopic (exact) mass is 323 g/mol. The van der Waals surface area contributed by atoms with E-state index in [1.54, 1.807) is 11.4 Å². The molecule has 2 aromatic heterocycles. The van der Waals surface area contributed by atoms with Gasteiger partial charge < -0.3 is 9.53 Å². The molecule has 0 amide bonds. The van der Waals surface area contributed by atoms with Crippen molar-refractivity contribution in [2.75, 3.05) is 6.61 Å². The third-order valence-electron chi connectivity index (χ3n) is 4.09. The van der Waals surface area contributed by atoms with Gasteiger partial charge in [0.1, 0.15) is 12.0 Å². The zero-order chi connectivity index (χ0) is 17.1. The standard InChI is InChI=1S/C19H21N3O2/c1-13-9-17(24-12-15(3)16-7-5-4-6-8-16)10-22-19(13)20-18(21-22)14(2)11-23/h4-11,14-15H,12H2,1-3H3/t14?,15-/m0/s1. The van der Waals surface area contributed by atoms with Crippen LogP contribution in [0, 0.1) is 6.92 Å². The van der Waals surface area contributed by atoms with Crippen molar-refractivity contribution < 1.29 is 9.53 Å². The Hall–Kier alpha value is -2.69. The second-order valence-electron chi connectivity index (χ2n) is 6.14.